The maximum absolute atomic E-state index is 12.8. The number of rotatable bonds is 9. The van der Waals surface area contributed by atoms with Gasteiger partial charge in [-0.2, -0.15) is 5.10 Å². The van der Waals surface area contributed by atoms with E-state index in [1.807, 2.05) is 67.1 Å². The minimum absolute atomic E-state index is 0.260. The molecule has 1 aromatic heterocycles. The number of nitrogens with zero attached hydrogens (tertiary/aromatic N) is 2. The van der Waals surface area contributed by atoms with Gasteiger partial charge < -0.3 is 14.8 Å². The van der Waals surface area contributed by atoms with E-state index in [4.69, 9.17) is 32.7 Å². The largest absolute Gasteiger partial charge is 0.496 e. The van der Waals surface area contributed by atoms with E-state index in [1.54, 1.807) is 25.3 Å². The van der Waals surface area contributed by atoms with E-state index in [0.717, 1.165) is 32.6 Å². The first-order valence-electron chi connectivity index (χ1n) is 11.8. The van der Waals surface area contributed by atoms with Crippen LogP contribution in [0.25, 0.3) is 6.08 Å². The summed E-state index contributed by atoms with van der Waals surface area (Å²) in [5.74, 6) is 1.20. The van der Waals surface area contributed by atoms with Gasteiger partial charge in [0.25, 0.3) is 0 Å². The monoisotopic (exact) mass is 613 g/mol. The second-order valence-corrected chi connectivity index (χ2v) is 10.3. The Hall–Kier alpha value is -3.26. The summed E-state index contributed by atoms with van der Waals surface area (Å²) in [7, 11) is 1.62. The van der Waals surface area contributed by atoms with Gasteiger partial charge in [0.2, 0.25) is 5.91 Å². The molecule has 0 aliphatic heterocycles. The van der Waals surface area contributed by atoms with Crippen LogP contribution in [0.2, 0.25) is 10.0 Å². The Morgan fingerprint density at radius 3 is 2.53 bits per heavy atom. The third-order valence-corrected chi connectivity index (χ3v) is 7.02. The number of benzene rings is 3. The van der Waals surface area contributed by atoms with Gasteiger partial charge >= 0.3 is 0 Å². The van der Waals surface area contributed by atoms with Crippen molar-refractivity contribution in [3.8, 4) is 11.5 Å². The number of aromatic nitrogens is 2. The van der Waals surface area contributed by atoms with Crippen LogP contribution in [0.1, 0.15) is 28.1 Å². The molecule has 0 spiro atoms. The van der Waals surface area contributed by atoms with E-state index in [0.29, 0.717) is 40.3 Å². The highest BCUT2D eigenvalue weighted by molar-refractivity contribution is 9.10. The zero-order valence-electron chi connectivity index (χ0n) is 21.1. The van der Waals surface area contributed by atoms with Crippen molar-refractivity contribution >= 4 is 56.8 Å². The molecule has 0 unspecified atom stereocenters. The first kappa shape index (κ1) is 27.8. The smallest absolute Gasteiger partial charge is 0.248 e. The van der Waals surface area contributed by atoms with Crippen LogP contribution in [0.5, 0.6) is 11.5 Å². The highest BCUT2D eigenvalue weighted by Crippen LogP contribution is 2.26. The second-order valence-electron chi connectivity index (χ2n) is 8.58. The van der Waals surface area contributed by atoms with E-state index >= 15 is 0 Å². The van der Waals surface area contributed by atoms with Crippen LogP contribution in [-0.2, 0) is 17.9 Å². The number of aryl methyl sites for hydroxylation is 1. The SMILES string of the molecule is COc1ccc(C=CC(=O)Nc2c(C)nn(Cc3ccc(Cl)cc3Cl)c2C)cc1COc1ccc(Br)cc1. The standard InChI is InChI=1S/C29H26BrCl2N3O3/c1-18-29(19(2)35(34-18)16-21-6-9-24(31)15-26(21)32)33-28(36)13-5-20-4-12-27(37-3)22(14-20)17-38-25-10-7-23(30)8-11-25/h4-15H,16-17H2,1-3H3,(H,33,36). The van der Waals surface area contributed by atoms with E-state index in [1.165, 1.54) is 6.08 Å². The fourth-order valence-corrected chi connectivity index (χ4v) is 4.62. The molecule has 38 heavy (non-hydrogen) atoms. The summed E-state index contributed by atoms with van der Waals surface area (Å²) in [6.45, 7) is 4.55. The molecule has 4 aromatic rings. The molecule has 0 aliphatic carbocycles. The molecular weight excluding hydrogens is 589 g/mol. The fourth-order valence-electron chi connectivity index (χ4n) is 3.89. The zero-order chi connectivity index (χ0) is 27.2. The number of halogens is 3. The van der Waals surface area contributed by atoms with Gasteiger partial charge in [-0.1, -0.05) is 51.3 Å². The number of carbonyl (C=O) groups is 1. The molecule has 6 nitrogen and oxygen atoms in total. The third-order valence-electron chi connectivity index (χ3n) is 5.90. The van der Waals surface area contributed by atoms with Crippen LogP contribution in [0.15, 0.2) is 71.2 Å². The Morgan fingerprint density at radius 2 is 1.82 bits per heavy atom. The minimum Gasteiger partial charge on any atom is -0.496 e. The normalized spacial score (nSPS) is 11.1. The van der Waals surface area contributed by atoms with Gasteiger partial charge in [-0.3, -0.25) is 9.48 Å². The Kier molecular flexibility index (Phi) is 9.15. The molecule has 0 saturated heterocycles. The van der Waals surface area contributed by atoms with Crippen LogP contribution < -0.4 is 14.8 Å². The summed E-state index contributed by atoms with van der Waals surface area (Å²) < 4.78 is 14.2. The highest BCUT2D eigenvalue weighted by Gasteiger charge is 2.15. The number of anilines is 1. The van der Waals surface area contributed by atoms with Gasteiger partial charge in [0.05, 0.1) is 30.7 Å². The van der Waals surface area contributed by atoms with Gasteiger partial charge in [0, 0.05) is 26.2 Å². The summed E-state index contributed by atoms with van der Waals surface area (Å²) in [6.07, 6.45) is 3.24. The van der Waals surface area contributed by atoms with Crippen LogP contribution >= 0.6 is 39.1 Å². The maximum atomic E-state index is 12.8. The van der Waals surface area contributed by atoms with Gasteiger partial charge in [-0.15, -0.1) is 0 Å². The van der Waals surface area contributed by atoms with Crippen molar-refractivity contribution in [1.29, 1.82) is 0 Å². The predicted octanol–water partition coefficient (Wildman–Crippen LogP) is 7.86. The number of hydrogen-bond donors (Lipinski definition) is 1. The molecule has 0 atom stereocenters. The summed E-state index contributed by atoms with van der Waals surface area (Å²) in [5, 5.41) is 8.67. The van der Waals surface area contributed by atoms with Gasteiger partial charge in [0.15, 0.2) is 0 Å². The molecule has 0 aliphatic rings. The van der Waals surface area contributed by atoms with Crippen molar-refractivity contribution in [2.75, 3.05) is 12.4 Å². The lowest BCUT2D eigenvalue weighted by atomic mass is 10.1. The highest BCUT2D eigenvalue weighted by atomic mass is 79.9. The van der Waals surface area contributed by atoms with E-state index in [9.17, 15) is 4.79 Å². The van der Waals surface area contributed by atoms with Gasteiger partial charge in [-0.25, -0.2) is 0 Å². The van der Waals surface area contributed by atoms with E-state index < -0.39 is 0 Å². The molecule has 1 heterocycles. The number of nitrogens with one attached hydrogen (secondary N) is 1. The van der Waals surface area contributed by atoms with Crippen molar-refractivity contribution < 1.29 is 14.3 Å². The van der Waals surface area contributed by atoms with Crippen molar-refractivity contribution in [2.45, 2.75) is 27.0 Å². The van der Waals surface area contributed by atoms with E-state index in [2.05, 4.69) is 26.3 Å². The van der Waals surface area contributed by atoms with E-state index in [-0.39, 0.29) is 5.91 Å². The number of carbonyl (C=O) groups excluding carboxylic acids is 1. The number of methoxy groups -OCH3 is 1. The molecule has 4 rings (SSSR count). The first-order valence-corrected chi connectivity index (χ1v) is 13.3. The summed E-state index contributed by atoms with van der Waals surface area (Å²) in [5.41, 5.74) is 4.81. The molecule has 0 bridgehead atoms. The molecule has 0 fully saturated rings. The Balaban J connectivity index is 1.44. The Bertz CT molecular complexity index is 1480. The lowest BCUT2D eigenvalue weighted by Gasteiger charge is -2.11. The van der Waals surface area contributed by atoms with Gasteiger partial charge in [-0.05, 0) is 79.6 Å². The number of ether oxygens (including phenoxy) is 2. The molecule has 0 radical (unpaired) electrons. The predicted molar refractivity (Wildman–Crippen MR) is 156 cm³/mol. The lowest BCUT2D eigenvalue weighted by molar-refractivity contribution is -0.111. The quantitative estimate of drug-likeness (QED) is 0.195. The molecule has 196 valence electrons. The molecule has 0 saturated carbocycles. The minimum atomic E-state index is -0.260. The van der Waals surface area contributed by atoms with Crippen molar-refractivity contribution in [3.63, 3.8) is 0 Å². The summed E-state index contributed by atoms with van der Waals surface area (Å²) >= 11 is 15.8. The number of amides is 1. The number of hydrogen-bond acceptors (Lipinski definition) is 4. The summed E-state index contributed by atoms with van der Waals surface area (Å²) in [4.78, 5) is 12.8. The average molecular weight is 615 g/mol. The average Bonchev–Trinajstić information content (AvgIpc) is 3.16. The summed E-state index contributed by atoms with van der Waals surface area (Å²) in [6, 6.07) is 18.7. The van der Waals surface area contributed by atoms with Crippen molar-refractivity contribution in [2.24, 2.45) is 0 Å². The molecule has 1 amide bonds. The fraction of sp³-hybridized carbons (Fsp3) is 0.172. The second kappa shape index (κ2) is 12.5. The van der Waals surface area contributed by atoms with Gasteiger partial charge in [0.1, 0.15) is 18.1 Å². The third kappa shape index (κ3) is 6.98. The molecular formula is C29H26BrCl2N3O3. The van der Waals surface area contributed by atoms with Crippen LogP contribution in [0.4, 0.5) is 5.69 Å². The van der Waals surface area contributed by atoms with Crippen molar-refractivity contribution in [3.05, 3.63) is 109 Å². The molecule has 1 N–H and O–H groups in total. The Morgan fingerprint density at radius 1 is 1.05 bits per heavy atom. The zero-order valence-corrected chi connectivity index (χ0v) is 24.2. The first-order chi connectivity index (χ1) is 18.2. The van der Waals surface area contributed by atoms with Crippen LogP contribution in [-0.4, -0.2) is 22.8 Å². The van der Waals surface area contributed by atoms with Crippen LogP contribution in [0.3, 0.4) is 0 Å². The topological polar surface area (TPSA) is 65.4 Å². The van der Waals surface area contributed by atoms with Crippen LogP contribution in [0, 0.1) is 13.8 Å². The molecule has 9 heteroatoms. The lowest BCUT2D eigenvalue weighted by Crippen LogP contribution is -2.10. The maximum Gasteiger partial charge on any atom is 0.248 e. The van der Waals surface area contributed by atoms with Crippen molar-refractivity contribution in [1.82, 2.24) is 9.78 Å². The Labute approximate surface area is 240 Å². The molecule has 3 aromatic carbocycles.